The van der Waals surface area contributed by atoms with Gasteiger partial charge in [-0.2, -0.15) is 0 Å². The van der Waals surface area contributed by atoms with Crippen LogP contribution in [0.15, 0.2) is 0 Å². The predicted molar refractivity (Wildman–Crippen MR) is 71.2 cm³/mol. The van der Waals surface area contributed by atoms with Gasteiger partial charge in [-0.25, -0.2) is 4.79 Å². The molecule has 4 nitrogen and oxygen atoms in total. The molecule has 0 heterocycles. The molecule has 1 amide bonds. The maximum atomic E-state index is 11.7. The van der Waals surface area contributed by atoms with Gasteiger partial charge in [-0.1, -0.05) is 20.8 Å². The Labute approximate surface area is 106 Å². The zero-order chi connectivity index (χ0) is 13.6. The van der Waals surface area contributed by atoms with E-state index in [4.69, 9.17) is 4.74 Å². The second-order valence-corrected chi connectivity index (χ2v) is 6.03. The molecule has 0 aliphatic heterocycles. The Morgan fingerprint density at radius 3 is 2.24 bits per heavy atom. The fourth-order valence-corrected chi connectivity index (χ4v) is 1.38. The molecule has 0 aromatic heterocycles. The molecule has 0 aromatic rings. The van der Waals surface area contributed by atoms with Crippen LogP contribution in [-0.4, -0.2) is 42.8 Å². The minimum atomic E-state index is -0.426. The zero-order valence-corrected chi connectivity index (χ0v) is 12.3. The summed E-state index contributed by atoms with van der Waals surface area (Å²) in [5.41, 5.74) is -0.426. The highest BCUT2D eigenvalue weighted by Crippen LogP contribution is 2.10. The molecule has 1 unspecified atom stereocenters. The van der Waals surface area contributed by atoms with E-state index in [9.17, 15) is 4.79 Å². The third kappa shape index (κ3) is 8.98. The Balaban J connectivity index is 3.99. The van der Waals surface area contributed by atoms with Gasteiger partial charge in [0.1, 0.15) is 5.60 Å². The molecular formula is C13H28N2O2. The maximum absolute atomic E-state index is 11.7. The van der Waals surface area contributed by atoms with Crippen molar-refractivity contribution in [1.82, 2.24) is 10.2 Å². The van der Waals surface area contributed by atoms with Crippen LogP contribution in [0.3, 0.4) is 0 Å². The summed E-state index contributed by atoms with van der Waals surface area (Å²) in [7, 11) is 1.78. The average Bonchev–Trinajstić information content (AvgIpc) is 2.11. The Morgan fingerprint density at radius 1 is 1.29 bits per heavy atom. The first-order chi connectivity index (χ1) is 7.61. The summed E-state index contributed by atoms with van der Waals surface area (Å²) in [6.07, 6.45) is -0.256. The Morgan fingerprint density at radius 2 is 1.82 bits per heavy atom. The highest BCUT2D eigenvalue weighted by atomic mass is 16.6. The topological polar surface area (TPSA) is 41.6 Å². The quantitative estimate of drug-likeness (QED) is 0.808. The van der Waals surface area contributed by atoms with E-state index in [0.717, 1.165) is 6.54 Å². The van der Waals surface area contributed by atoms with Crippen LogP contribution in [0.25, 0.3) is 0 Å². The van der Waals surface area contributed by atoms with Gasteiger partial charge in [-0.3, -0.25) is 0 Å². The molecule has 102 valence electrons. The summed E-state index contributed by atoms with van der Waals surface area (Å²) in [5.74, 6) is 0.412. The highest BCUT2D eigenvalue weighted by molar-refractivity contribution is 5.67. The number of nitrogens with zero attached hydrogens (tertiary/aromatic N) is 1. The molecule has 0 aliphatic carbocycles. The summed E-state index contributed by atoms with van der Waals surface area (Å²) in [5, 5.41) is 3.36. The first-order valence-corrected chi connectivity index (χ1v) is 6.29. The lowest BCUT2D eigenvalue weighted by Gasteiger charge is -2.26. The summed E-state index contributed by atoms with van der Waals surface area (Å²) in [6, 6.07) is 0.476. The van der Waals surface area contributed by atoms with Gasteiger partial charge in [0, 0.05) is 19.6 Å². The molecule has 0 aromatic carbocycles. The van der Waals surface area contributed by atoms with Gasteiger partial charge >= 0.3 is 6.09 Å². The molecule has 0 spiro atoms. The number of amides is 1. The van der Waals surface area contributed by atoms with Crippen LogP contribution >= 0.6 is 0 Å². The maximum Gasteiger partial charge on any atom is 0.410 e. The standard InChI is InChI=1S/C13H28N2O2/c1-10(2)14-8-11(3)9-15(7)12(16)17-13(4,5)6/h10-11,14H,8-9H2,1-7H3. The SMILES string of the molecule is CC(CNC(C)C)CN(C)C(=O)OC(C)(C)C. The highest BCUT2D eigenvalue weighted by Gasteiger charge is 2.20. The second-order valence-electron chi connectivity index (χ2n) is 6.03. The molecule has 0 fully saturated rings. The molecular weight excluding hydrogens is 216 g/mol. The second kappa shape index (κ2) is 6.84. The molecule has 0 saturated carbocycles. The fraction of sp³-hybridized carbons (Fsp3) is 0.923. The Bertz CT molecular complexity index is 234. The first-order valence-electron chi connectivity index (χ1n) is 6.29. The normalized spacial score (nSPS) is 13.6. The van der Waals surface area contributed by atoms with Crippen molar-refractivity contribution in [3.63, 3.8) is 0 Å². The smallest absolute Gasteiger partial charge is 0.410 e. The third-order valence-corrected chi connectivity index (χ3v) is 2.17. The van der Waals surface area contributed by atoms with Crippen LogP contribution in [0.2, 0.25) is 0 Å². The van der Waals surface area contributed by atoms with Crippen molar-refractivity contribution in [2.45, 2.75) is 53.2 Å². The minimum Gasteiger partial charge on any atom is -0.444 e. The zero-order valence-electron chi connectivity index (χ0n) is 12.3. The van der Waals surface area contributed by atoms with E-state index in [0.29, 0.717) is 18.5 Å². The van der Waals surface area contributed by atoms with Crippen molar-refractivity contribution in [1.29, 1.82) is 0 Å². The lowest BCUT2D eigenvalue weighted by atomic mass is 10.1. The fourth-order valence-electron chi connectivity index (χ4n) is 1.38. The van der Waals surface area contributed by atoms with Crippen LogP contribution in [0.4, 0.5) is 4.79 Å². The van der Waals surface area contributed by atoms with Crippen molar-refractivity contribution in [2.24, 2.45) is 5.92 Å². The van der Waals surface area contributed by atoms with Crippen LogP contribution in [0.1, 0.15) is 41.5 Å². The average molecular weight is 244 g/mol. The van der Waals surface area contributed by atoms with Gasteiger partial charge in [0.2, 0.25) is 0 Å². The number of carbonyl (C=O) groups is 1. The van der Waals surface area contributed by atoms with Gasteiger partial charge < -0.3 is 15.0 Å². The van der Waals surface area contributed by atoms with Crippen molar-refractivity contribution in [3.05, 3.63) is 0 Å². The van der Waals surface area contributed by atoms with E-state index < -0.39 is 5.60 Å². The van der Waals surface area contributed by atoms with Crippen molar-refractivity contribution in [2.75, 3.05) is 20.1 Å². The summed E-state index contributed by atoms with van der Waals surface area (Å²) >= 11 is 0. The molecule has 0 radical (unpaired) electrons. The Kier molecular flexibility index (Phi) is 6.53. The van der Waals surface area contributed by atoms with E-state index >= 15 is 0 Å². The number of hydrogen-bond donors (Lipinski definition) is 1. The largest absolute Gasteiger partial charge is 0.444 e. The number of hydrogen-bond acceptors (Lipinski definition) is 3. The predicted octanol–water partition coefficient (Wildman–Crippen LogP) is 2.49. The van der Waals surface area contributed by atoms with Crippen LogP contribution < -0.4 is 5.32 Å². The number of rotatable bonds is 5. The van der Waals surface area contributed by atoms with Gasteiger partial charge in [-0.15, -0.1) is 0 Å². The minimum absolute atomic E-state index is 0.256. The molecule has 4 heteroatoms. The summed E-state index contributed by atoms with van der Waals surface area (Å²) in [4.78, 5) is 13.4. The third-order valence-electron chi connectivity index (χ3n) is 2.17. The molecule has 0 aliphatic rings. The lowest BCUT2D eigenvalue weighted by Crippen LogP contribution is -2.39. The lowest BCUT2D eigenvalue weighted by molar-refractivity contribution is 0.0276. The summed E-state index contributed by atoms with van der Waals surface area (Å²) in [6.45, 7) is 13.6. The molecule has 17 heavy (non-hydrogen) atoms. The van der Waals surface area contributed by atoms with Crippen molar-refractivity contribution < 1.29 is 9.53 Å². The number of ether oxygens (including phenoxy) is 1. The van der Waals surface area contributed by atoms with E-state index in [2.05, 4.69) is 26.1 Å². The molecule has 1 N–H and O–H groups in total. The summed E-state index contributed by atoms with van der Waals surface area (Å²) < 4.78 is 5.29. The van der Waals surface area contributed by atoms with Gasteiger partial charge in [0.25, 0.3) is 0 Å². The van der Waals surface area contributed by atoms with E-state index in [1.54, 1.807) is 11.9 Å². The number of carbonyl (C=O) groups excluding carboxylic acids is 1. The van der Waals surface area contributed by atoms with Crippen LogP contribution in [-0.2, 0) is 4.74 Å². The monoisotopic (exact) mass is 244 g/mol. The van der Waals surface area contributed by atoms with E-state index in [1.807, 2.05) is 20.8 Å². The van der Waals surface area contributed by atoms with Crippen LogP contribution in [0.5, 0.6) is 0 Å². The number of nitrogens with one attached hydrogen (secondary N) is 1. The van der Waals surface area contributed by atoms with Gasteiger partial charge in [-0.05, 0) is 33.2 Å². The molecule has 1 atom stereocenters. The molecule has 0 saturated heterocycles. The molecule has 0 bridgehead atoms. The Hall–Kier alpha value is -0.770. The van der Waals surface area contributed by atoms with E-state index in [1.165, 1.54) is 0 Å². The molecule has 0 rings (SSSR count). The van der Waals surface area contributed by atoms with Gasteiger partial charge in [0.15, 0.2) is 0 Å². The van der Waals surface area contributed by atoms with Gasteiger partial charge in [0.05, 0.1) is 0 Å². The van der Waals surface area contributed by atoms with Crippen molar-refractivity contribution in [3.8, 4) is 0 Å². The van der Waals surface area contributed by atoms with E-state index in [-0.39, 0.29) is 6.09 Å². The van der Waals surface area contributed by atoms with Crippen LogP contribution in [0, 0.1) is 5.92 Å². The first kappa shape index (κ1) is 16.2. The van der Waals surface area contributed by atoms with Crippen molar-refractivity contribution >= 4 is 6.09 Å².